The zero-order valence-electron chi connectivity index (χ0n) is 14.3. The minimum atomic E-state index is -1.18. The summed E-state index contributed by atoms with van der Waals surface area (Å²) in [5.74, 6) is -1.44. The van der Waals surface area contributed by atoms with E-state index >= 15 is 0 Å². The third-order valence-corrected chi connectivity index (χ3v) is 3.24. The van der Waals surface area contributed by atoms with E-state index in [2.05, 4.69) is 10.6 Å². The van der Waals surface area contributed by atoms with Crippen molar-refractivity contribution >= 4 is 17.7 Å². The number of carbonyl (C=O) groups excluding carboxylic acids is 3. The number of aliphatic hydroxyl groups excluding tert-OH is 1. The van der Waals surface area contributed by atoms with Crippen LogP contribution in [0, 0.1) is 11.8 Å². The standard InChI is InChI=1S/C15H30N4O4/c1-8(2)5-10(16)14(22)18-11(6-9(3)4)15(23)19-12(7-20)13(17)21/h8-12,20H,5-7,16H2,1-4H3,(H2,17,21)(H,18,22)(H,19,23). The normalized spacial score (nSPS) is 15.1. The molecule has 0 saturated heterocycles. The summed E-state index contributed by atoms with van der Waals surface area (Å²) in [5, 5.41) is 14.0. The highest BCUT2D eigenvalue weighted by Gasteiger charge is 2.27. The van der Waals surface area contributed by atoms with Gasteiger partial charge >= 0.3 is 0 Å². The average molecular weight is 330 g/mol. The molecule has 3 amide bonds. The van der Waals surface area contributed by atoms with Crippen molar-refractivity contribution in [1.82, 2.24) is 10.6 Å². The smallest absolute Gasteiger partial charge is 0.243 e. The van der Waals surface area contributed by atoms with Gasteiger partial charge in [-0.1, -0.05) is 27.7 Å². The van der Waals surface area contributed by atoms with Crippen LogP contribution in [0.15, 0.2) is 0 Å². The molecular weight excluding hydrogens is 300 g/mol. The van der Waals surface area contributed by atoms with Crippen molar-refractivity contribution < 1.29 is 19.5 Å². The minimum absolute atomic E-state index is 0.133. The van der Waals surface area contributed by atoms with Crippen molar-refractivity contribution in [3.8, 4) is 0 Å². The van der Waals surface area contributed by atoms with Crippen LogP contribution in [0.4, 0.5) is 0 Å². The Labute approximate surface area is 137 Å². The summed E-state index contributed by atoms with van der Waals surface area (Å²) in [6, 6.07) is -2.73. The Balaban J connectivity index is 4.89. The van der Waals surface area contributed by atoms with E-state index in [4.69, 9.17) is 16.6 Å². The van der Waals surface area contributed by atoms with Crippen LogP contribution in [0.5, 0.6) is 0 Å². The van der Waals surface area contributed by atoms with Crippen LogP contribution in [0.2, 0.25) is 0 Å². The zero-order chi connectivity index (χ0) is 18.2. The molecule has 0 spiro atoms. The molecule has 0 fully saturated rings. The van der Waals surface area contributed by atoms with Crippen molar-refractivity contribution in [2.75, 3.05) is 6.61 Å². The highest BCUT2D eigenvalue weighted by atomic mass is 16.3. The number of nitrogens with one attached hydrogen (secondary N) is 2. The van der Waals surface area contributed by atoms with Crippen LogP contribution in [-0.2, 0) is 14.4 Å². The Morgan fingerprint density at radius 1 is 0.913 bits per heavy atom. The summed E-state index contributed by atoms with van der Waals surface area (Å²) in [4.78, 5) is 35.5. The fourth-order valence-corrected chi connectivity index (χ4v) is 2.08. The predicted octanol–water partition coefficient (Wildman–Crippen LogP) is -1.15. The molecule has 8 heteroatoms. The van der Waals surface area contributed by atoms with E-state index in [1.165, 1.54) is 0 Å². The van der Waals surface area contributed by atoms with Crippen LogP contribution in [0.25, 0.3) is 0 Å². The average Bonchev–Trinajstić information content (AvgIpc) is 2.41. The van der Waals surface area contributed by atoms with E-state index in [9.17, 15) is 14.4 Å². The van der Waals surface area contributed by atoms with E-state index in [0.29, 0.717) is 12.8 Å². The number of primary amides is 1. The third-order valence-electron chi connectivity index (χ3n) is 3.24. The van der Waals surface area contributed by atoms with Gasteiger partial charge in [0.15, 0.2) is 0 Å². The Morgan fingerprint density at radius 3 is 1.78 bits per heavy atom. The Hall–Kier alpha value is -1.67. The highest BCUT2D eigenvalue weighted by molar-refractivity contribution is 5.92. The van der Waals surface area contributed by atoms with Crippen LogP contribution in [-0.4, -0.2) is 47.6 Å². The van der Waals surface area contributed by atoms with Crippen molar-refractivity contribution in [3.63, 3.8) is 0 Å². The second-order valence-electron chi connectivity index (χ2n) is 6.57. The maximum absolute atomic E-state index is 12.2. The minimum Gasteiger partial charge on any atom is -0.394 e. The van der Waals surface area contributed by atoms with Crippen LogP contribution in [0.3, 0.4) is 0 Å². The van der Waals surface area contributed by atoms with Gasteiger partial charge in [0, 0.05) is 0 Å². The molecule has 8 nitrogen and oxygen atoms in total. The molecule has 0 aromatic carbocycles. The number of carbonyl (C=O) groups is 3. The number of hydrogen-bond donors (Lipinski definition) is 5. The number of rotatable bonds is 10. The first-order valence-corrected chi connectivity index (χ1v) is 7.84. The molecule has 0 aliphatic carbocycles. The van der Waals surface area contributed by atoms with E-state index in [0.717, 1.165) is 0 Å². The van der Waals surface area contributed by atoms with Gasteiger partial charge in [-0.3, -0.25) is 14.4 Å². The van der Waals surface area contributed by atoms with Crippen LogP contribution in [0.1, 0.15) is 40.5 Å². The van der Waals surface area contributed by atoms with Gasteiger partial charge in [-0.2, -0.15) is 0 Å². The number of aliphatic hydroxyl groups is 1. The predicted molar refractivity (Wildman–Crippen MR) is 87.0 cm³/mol. The highest BCUT2D eigenvalue weighted by Crippen LogP contribution is 2.08. The first-order chi connectivity index (χ1) is 10.6. The summed E-state index contributed by atoms with van der Waals surface area (Å²) in [5.41, 5.74) is 10.9. The topological polar surface area (TPSA) is 148 Å². The van der Waals surface area contributed by atoms with E-state index in [1.807, 2.05) is 27.7 Å². The molecule has 0 aromatic heterocycles. The summed E-state index contributed by atoms with van der Waals surface area (Å²) in [7, 11) is 0. The van der Waals surface area contributed by atoms with Gasteiger partial charge in [-0.05, 0) is 24.7 Å². The van der Waals surface area contributed by atoms with Crippen molar-refractivity contribution in [2.45, 2.75) is 58.7 Å². The lowest BCUT2D eigenvalue weighted by molar-refractivity contribution is -0.132. The summed E-state index contributed by atoms with van der Waals surface area (Å²) in [6.45, 7) is 7.10. The van der Waals surface area contributed by atoms with Crippen molar-refractivity contribution in [3.05, 3.63) is 0 Å². The van der Waals surface area contributed by atoms with E-state index in [-0.39, 0.29) is 11.8 Å². The van der Waals surface area contributed by atoms with Gasteiger partial charge in [0.1, 0.15) is 12.1 Å². The molecule has 0 bridgehead atoms. The molecule has 3 atom stereocenters. The lowest BCUT2D eigenvalue weighted by atomic mass is 10.0. The van der Waals surface area contributed by atoms with Crippen molar-refractivity contribution in [2.24, 2.45) is 23.3 Å². The lowest BCUT2D eigenvalue weighted by Crippen LogP contribution is -2.56. The van der Waals surface area contributed by atoms with Gasteiger partial charge in [0.05, 0.1) is 12.6 Å². The maximum atomic E-state index is 12.2. The fourth-order valence-electron chi connectivity index (χ4n) is 2.08. The zero-order valence-corrected chi connectivity index (χ0v) is 14.3. The van der Waals surface area contributed by atoms with Crippen LogP contribution < -0.4 is 22.1 Å². The largest absolute Gasteiger partial charge is 0.394 e. The Morgan fingerprint density at radius 2 is 1.39 bits per heavy atom. The number of hydrogen-bond acceptors (Lipinski definition) is 5. The molecule has 7 N–H and O–H groups in total. The van der Waals surface area contributed by atoms with Gasteiger partial charge in [0.2, 0.25) is 17.7 Å². The SMILES string of the molecule is CC(C)CC(N)C(=O)NC(CC(C)C)C(=O)NC(CO)C(N)=O. The molecular formula is C15H30N4O4. The number of nitrogens with two attached hydrogens (primary N) is 2. The summed E-state index contributed by atoms with van der Waals surface area (Å²) >= 11 is 0. The Bertz CT molecular complexity index is 412. The molecule has 0 aliphatic heterocycles. The van der Waals surface area contributed by atoms with Gasteiger partial charge in [-0.25, -0.2) is 0 Å². The third kappa shape index (κ3) is 8.51. The molecule has 0 aliphatic rings. The number of amides is 3. The fraction of sp³-hybridized carbons (Fsp3) is 0.800. The van der Waals surface area contributed by atoms with Gasteiger partial charge in [-0.15, -0.1) is 0 Å². The molecule has 0 saturated carbocycles. The Kier molecular flexibility index (Phi) is 9.43. The first kappa shape index (κ1) is 21.3. The van der Waals surface area contributed by atoms with Gasteiger partial charge in [0.25, 0.3) is 0 Å². The molecule has 0 rings (SSSR count). The summed E-state index contributed by atoms with van der Waals surface area (Å²) < 4.78 is 0. The lowest BCUT2D eigenvalue weighted by Gasteiger charge is -2.24. The maximum Gasteiger partial charge on any atom is 0.243 e. The second-order valence-corrected chi connectivity index (χ2v) is 6.57. The molecule has 0 aromatic rings. The van der Waals surface area contributed by atoms with E-state index in [1.54, 1.807) is 0 Å². The molecule has 0 radical (unpaired) electrons. The molecule has 0 heterocycles. The second kappa shape index (κ2) is 10.2. The van der Waals surface area contributed by atoms with Crippen LogP contribution >= 0.6 is 0 Å². The summed E-state index contributed by atoms with van der Waals surface area (Å²) in [6.07, 6.45) is 0.880. The molecule has 134 valence electrons. The van der Waals surface area contributed by atoms with Crippen molar-refractivity contribution in [1.29, 1.82) is 0 Å². The monoisotopic (exact) mass is 330 g/mol. The molecule has 23 heavy (non-hydrogen) atoms. The van der Waals surface area contributed by atoms with Gasteiger partial charge < -0.3 is 27.2 Å². The first-order valence-electron chi connectivity index (χ1n) is 7.84. The quantitative estimate of drug-likeness (QED) is 0.343. The molecule has 3 unspecified atom stereocenters. The van der Waals surface area contributed by atoms with E-state index < -0.39 is 42.5 Å².